The molecule has 1 aromatic carbocycles. The van der Waals surface area contributed by atoms with Crippen molar-refractivity contribution in [1.82, 2.24) is 9.97 Å². The van der Waals surface area contributed by atoms with Crippen LogP contribution in [0, 0.1) is 6.92 Å². The highest BCUT2D eigenvalue weighted by Gasteiger charge is 2.11. The Labute approximate surface area is 100 Å². The fourth-order valence-electron chi connectivity index (χ4n) is 2.03. The Morgan fingerprint density at radius 1 is 1.35 bits per heavy atom. The molecule has 0 unspecified atom stereocenters. The number of nitrogens with zero attached hydrogens (tertiary/aromatic N) is 1. The van der Waals surface area contributed by atoms with Crippen molar-refractivity contribution in [1.29, 1.82) is 0 Å². The summed E-state index contributed by atoms with van der Waals surface area (Å²) in [7, 11) is 0. The molecule has 4 nitrogen and oxygen atoms in total. The van der Waals surface area contributed by atoms with Crippen molar-refractivity contribution in [2.24, 2.45) is 0 Å². The maximum Gasteiger partial charge on any atom is 0.0925 e. The molecule has 1 aliphatic rings. The third-order valence-corrected chi connectivity index (χ3v) is 3.12. The van der Waals surface area contributed by atoms with Gasteiger partial charge in [-0.15, -0.1) is 0 Å². The van der Waals surface area contributed by atoms with Crippen molar-refractivity contribution in [3.05, 3.63) is 47.0 Å². The first-order valence-corrected chi connectivity index (χ1v) is 5.75. The number of H-pyrrole nitrogens is 1. The SMILES string of the molecule is Cc1[nH]cnc1CNc1ccc2c(c1)COC2. The van der Waals surface area contributed by atoms with Gasteiger partial charge in [0.05, 0.1) is 31.8 Å². The zero-order chi connectivity index (χ0) is 11.7. The van der Waals surface area contributed by atoms with Gasteiger partial charge in [-0.25, -0.2) is 4.98 Å². The fourth-order valence-corrected chi connectivity index (χ4v) is 2.03. The minimum absolute atomic E-state index is 0.728. The summed E-state index contributed by atoms with van der Waals surface area (Å²) in [6.45, 7) is 4.25. The summed E-state index contributed by atoms with van der Waals surface area (Å²) in [6, 6.07) is 6.38. The number of benzene rings is 1. The largest absolute Gasteiger partial charge is 0.379 e. The average Bonchev–Trinajstić information content (AvgIpc) is 2.94. The molecule has 3 rings (SSSR count). The van der Waals surface area contributed by atoms with Gasteiger partial charge in [-0.05, 0) is 30.2 Å². The van der Waals surface area contributed by atoms with Gasteiger partial charge in [-0.3, -0.25) is 0 Å². The van der Waals surface area contributed by atoms with E-state index in [1.807, 2.05) is 6.92 Å². The van der Waals surface area contributed by atoms with E-state index in [9.17, 15) is 0 Å². The number of hydrogen-bond donors (Lipinski definition) is 2. The Kier molecular flexibility index (Phi) is 2.57. The zero-order valence-corrected chi connectivity index (χ0v) is 9.79. The van der Waals surface area contributed by atoms with Crippen LogP contribution in [-0.2, 0) is 24.5 Å². The van der Waals surface area contributed by atoms with Crippen LogP contribution in [0.1, 0.15) is 22.5 Å². The van der Waals surface area contributed by atoms with Crippen molar-refractivity contribution < 1.29 is 4.74 Å². The van der Waals surface area contributed by atoms with Gasteiger partial charge < -0.3 is 15.0 Å². The van der Waals surface area contributed by atoms with Crippen molar-refractivity contribution in [2.45, 2.75) is 26.7 Å². The van der Waals surface area contributed by atoms with Crippen LogP contribution in [-0.4, -0.2) is 9.97 Å². The molecular formula is C13H15N3O. The summed E-state index contributed by atoms with van der Waals surface area (Å²) in [4.78, 5) is 7.34. The summed E-state index contributed by atoms with van der Waals surface area (Å²) in [5, 5.41) is 3.38. The minimum Gasteiger partial charge on any atom is -0.379 e. The lowest BCUT2D eigenvalue weighted by molar-refractivity contribution is 0.134. The molecular weight excluding hydrogens is 214 g/mol. The molecule has 0 bridgehead atoms. The van der Waals surface area contributed by atoms with E-state index < -0.39 is 0 Å². The Hall–Kier alpha value is -1.81. The lowest BCUT2D eigenvalue weighted by Crippen LogP contribution is -2.01. The second-order valence-corrected chi connectivity index (χ2v) is 4.30. The summed E-state index contributed by atoms with van der Waals surface area (Å²) in [5.74, 6) is 0. The standard InChI is InChI=1S/C13H15N3O/c1-9-13(16-8-15-9)5-14-12-3-2-10-6-17-7-11(10)4-12/h2-4,8,14H,5-7H2,1H3,(H,15,16). The molecule has 2 N–H and O–H groups in total. The lowest BCUT2D eigenvalue weighted by Gasteiger charge is -2.07. The second-order valence-electron chi connectivity index (χ2n) is 4.30. The van der Waals surface area contributed by atoms with Gasteiger partial charge in [0, 0.05) is 11.4 Å². The number of ether oxygens (including phenoxy) is 1. The van der Waals surface area contributed by atoms with Crippen LogP contribution < -0.4 is 5.32 Å². The lowest BCUT2D eigenvalue weighted by atomic mass is 10.1. The number of rotatable bonds is 3. The molecule has 0 amide bonds. The molecule has 0 fully saturated rings. The first kappa shape index (κ1) is 10.4. The highest BCUT2D eigenvalue weighted by Crippen LogP contribution is 2.23. The smallest absolute Gasteiger partial charge is 0.0925 e. The van der Waals surface area contributed by atoms with Gasteiger partial charge in [0.25, 0.3) is 0 Å². The van der Waals surface area contributed by atoms with Gasteiger partial charge in [-0.1, -0.05) is 6.07 Å². The maximum atomic E-state index is 5.39. The number of imidazole rings is 1. The van der Waals surface area contributed by atoms with Crippen LogP contribution in [0.5, 0.6) is 0 Å². The molecule has 4 heteroatoms. The van der Waals surface area contributed by atoms with Crippen LogP contribution in [0.25, 0.3) is 0 Å². The number of anilines is 1. The Morgan fingerprint density at radius 2 is 2.24 bits per heavy atom. The summed E-state index contributed by atoms with van der Waals surface area (Å²) in [6.07, 6.45) is 1.73. The van der Waals surface area contributed by atoms with Gasteiger partial charge in [0.2, 0.25) is 0 Å². The van der Waals surface area contributed by atoms with Crippen LogP contribution in [0.15, 0.2) is 24.5 Å². The molecule has 17 heavy (non-hydrogen) atoms. The second kappa shape index (κ2) is 4.22. The van der Waals surface area contributed by atoms with E-state index in [-0.39, 0.29) is 0 Å². The van der Waals surface area contributed by atoms with Crippen molar-refractivity contribution in [2.75, 3.05) is 5.32 Å². The third-order valence-electron chi connectivity index (χ3n) is 3.12. The number of hydrogen-bond acceptors (Lipinski definition) is 3. The zero-order valence-electron chi connectivity index (χ0n) is 9.79. The molecule has 0 atom stereocenters. The molecule has 1 aliphatic heterocycles. The molecule has 0 saturated carbocycles. The number of aromatic amines is 1. The molecule has 0 spiro atoms. The molecule has 0 radical (unpaired) electrons. The van der Waals surface area contributed by atoms with Gasteiger partial charge in [0.15, 0.2) is 0 Å². The van der Waals surface area contributed by atoms with Gasteiger partial charge in [0.1, 0.15) is 0 Å². The highest BCUT2D eigenvalue weighted by atomic mass is 16.5. The molecule has 0 saturated heterocycles. The molecule has 88 valence electrons. The van der Waals surface area contributed by atoms with E-state index in [0.29, 0.717) is 0 Å². The van der Waals surface area contributed by atoms with E-state index in [1.165, 1.54) is 11.1 Å². The average molecular weight is 229 g/mol. The molecule has 2 aromatic rings. The van der Waals surface area contributed by atoms with E-state index in [2.05, 4.69) is 33.5 Å². The molecule has 0 aliphatic carbocycles. The number of aryl methyl sites for hydroxylation is 1. The number of nitrogens with one attached hydrogen (secondary N) is 2. The highest BCUT2D eigenvalue weighted by molar-refractivity contribution is 5.49. The van der Waals surface area contributed by atoms with Crippen molar-refractivity contribution in [3.63, 3.8) is 0 Å². The summed E-state index contributed by atoms with van der Waals surface area (Å²) >= 11 is 0. The van der Waals surface area contributed by atoms with Crippen molar-refractivity contribution in [3.8, 4) is 0 Å². The Bertz CT molecular complexity index is 533. The monoisotopic (exact) mass is 229 g/mol. The minimum atomic E-state index is 0.728. The van der Waals surface area contributed by atoms with Crippen LogP contribution in [0.4, 0.5) is 5.69 Å². The van der Waals surface area contributed by atoms with Crippen LogP contribution >= 0.6 is 0 Å². The van der Waals surface area contributed by atoms with E-state index in [0.717, 1.165) is 36.8 Å². The quantitative estimate of drug-likeness (QED) is 0.849. The Balaban J connectivity index is 1.72. The molecule has 2 heterocycles. The van der Waals surface area contributed by atoms with E-state index in [1.54, 1.807) is 6.33 Å². The third kappa shape index (κ3) is 2.03. The van der Waals surface area contributed by atoms with Crippen LogP contribution in [0.3, 0.4) is 0 Å². The van der Waals surface area contributed by atoms with Crippen molar-refractivity contribution >= 4 is 5.69 Å². The van der Waals surface area contributed by atoms with Gasteiger partial charge in [-0.2, -0.15) is 0 Å². The first-order chi connectivity index (χ1) is 8.33. The predicted molar refractivity (Wildman–Crippen MR) is 65.6 cm³/mol. The number of aromatic nitrogens is 2. The fraction of sp³-hybridized carbons (Fsp3) is 0.308. The normalized spacial score (nSPS) is 13.7. The van der Waals surface area contributed by atoms with E-state index in [4.69, 9.17) is 4.74 Å². The summed E-state index contributed by atoms with van der Waals surface area (Å²) in [5.41, 5.74) is 5.88. The maximum absolute atomic E-state index is 5.39. The first-order valence-electron chi connectivity index (χ1n) is 5.75. The summed E-state index contributed by atoms with van der Waals surface area (Å²) < 4.78 is 5.39. The topological polar surface area (TPSA) is 49.9 Å². The number of fused-ring (bicyclic) bond motifs is 1. The van der Waals surface area contributed by atoms with Crippen LogP contribution in [0.2, 0.25) is 0 Å². The Morgan fingerprint density at radius 3 is 3.06 bits per heavy atom. The van der Waals surface area contributed by atoms with Gasteiger partial charge >= 0.3 is 0 Å². The predicted octanol–water partition coefficient (Wildman–Crippen LogP) is 2.36. The molecule has 1 aromatic heterocycles. The van der Waals surface area contributed by atoms with E-state index >= 15 is 0 Å².